The lowest BCUT2D eigenvalue weighted by Gasteiger charge is -2.09. The number of aryl methyl sites for hydroxylation is 1. The minimum Gasteiger partial charge on any atom is -0.398 e. The van der Waals surface area contributed by atoms with Gasteiger partial charge in [-0.2, -0.15) is 0 Å². The lowest BCUT2D eigenvalue weighted by molar-refractivity contribution is 0.101. The zero-order valence-corrected chi connectivity index (χ0v) is 10.8. The Hall–Kier alpha value is -2.36. The molecule has 2 aromatic carbocycles. The van der Waals surface area contributed by atoms with Crippen molar-refractivity contribution in [2.45, 2.75) is 13.8 Å². The van der Waals surface area contributed by atoms with Crippen molar-refractivity contribution in [3.63, 3.8) is 0 Å². The highest BCUT2D eigenvalue weighted by atomic mass is 19.1. The summed E-state index contributed by atoms with van der Waals surface area (Å²) in [4.78, 5) is 11.3. The number of carbonyl (C=O) groups is 1. The van der Waals surface area contributed by atoms with E-state index in [0.29, 0.717) is 28.2 Å². The molecule has 0 aliphatic carbocycles. The third kappa shape index (κ3) is 2.91. The summed E-state index contributed by atoms with van der Waals surface area (Å²) >= 11 is 0. The van der Waals surface area contributed by atoms with E-state index in [1.54, 1.807) is 37.3 Å². The molecule has 0 aliphatic heterocycles. The molecule has 0 unspecified atom stereocenters. The van der Waals surface area contributed by atoms with Crippen LogP contribution in [0, 0.1) is 12.7 Å². The van der Waals surface area contributed by atoms with Crippen LogP contribution in [0.2, 0.25) is 0 Å². The molecule has 0 saturated carbocycles. The smallest absolute Gasteiger partial charge is 0.161 e. The molecule has 0 aromatic heterocycles. The number of nitrogens with one attached hydrogen (secondary N) is 1. The van der Waals surface area contributed by atoms with E-state index in [1.807, 2.05) is 0 Å². The Morgan fingerprint density at radius 1 is 1.16 bits per heavy atom. The molecular weight excluding hydrogens is 243 g/mol. The summed E-state index contributed by atoms with van der Waals surface area (Å²) in [5.74, 6) is -0.344. The van der Waals surface area contributed by atoms with Crippen LogP contribution >= 0.6 is 0 Å². The Labute approximate surface area is 111 Å². The normalized spacial score (nSPS) is 10.3. The molecule has 0 spiro atoms. The second-order valence-electron chi connectivity index (χ2n) is 4.45. The fourth-order valence-corrected chi connectivity index (χ4v) is 1.80. The van der Waals surface area contributed by atoms with E-state index in [4.69, 9.17) is 5.73 Å². The van der Waals surface area contributed by atoms with Crippen LogP contribution in [0.15, 0.2) is 36.4 Å². The summed E-state index contributed by atoms with van der Waals surface area (Å²) in [6, 6.07) is 9.97. The van der Waals surface area contributed by atoms with Gasteiger partial charge in [0, 0.05) is 22.6 Å². The van der Waals surface area contributed by atoms with Crippen LogP contribution in [0.25, 0.3) is 0 Å². The van der Waals surface area contributed by atoms with Crippen LogP contribution in [0.3, 0.4) is 0 Å². The molecule has 19 heavy (non-hydrogen) atoms. The first kappa shape index (κ1) is 13.1. The molecule has 2 rings (SSSR count). The number of nitrogen functional groups attached to an aromatic ring is 1. The number of benzene rings is 2. The van der Waals surface area contributed by atoms with Crippen LogP contribution in [-0.4, -0.2) is 5.78 Å². The fraction of sp³-hybridized carbons (Fsp3) is 0.133. The van der Waals surface area contributed by atoms with E-state index < -0.39 is 0 Å². The summed E-state index contributed by atoms with van der Waals surface area (Å²) < 4.78 is 13.4. The predicted molar refractivity (Wildman–Crippen MR) is 75.3 cm³/mol. The maximum Gasteiger partial charge on any atom is 0.161 e. The number of rotatable bonds is 3. The van der Waals surface area contributed by atoms with Gasteiger partial charge in [-0.3, -0.25) is 4.79 Å². The second-order valence-corrected chi connectivity index (χ2v) is 4.45. The number of Topliss-reactive ketones (excluding diaryl/α,β-unsaturated/α-hetero) is 1. The summed E-state index contributed by atoms with van der Waals surface area (Å²) in [5.41, 5.74) is 8.63. The minimum atomic E-state index is -0.265. The monoisotopic (exact) mass is 258 g/mol. The summed E-state index contributed by atoms with van der Waals surface area (Å²) in [5, 5.41) is 3.05. The Bertz CT molecular complexity index is 638. The zero-order valence-electron chi connectivity index (χ0n) is 10.8. The maximum atomic E-state index is 13.4. The third-order valence-electron chi connectivity index (χ3n) is 2.89. The molecule has 2 aromatic rings. The maximum absolute atomic E-state index is 13.4. The third-order valence-corrected chi connectivity index (χ3v) is 2.89. The quantitative estimate of drug-likeness (QED) is 0.652. The molecule has 0 aliphatic rings. The van der Waals surface area contributed by atoms with Crippen LogP contribution in [0.4, 0.5) is 21.5 Å². The first-order valence-electron chi connectivity index (χ1n) is 5.91. The van der Waals surface area contributed by atoms with Gasteiger partial charge in [-0.1, -0.05) is 6.07 Å². The molecule has 3 nitrogen and oxygen atoms in total. The van der Waals surface area contributed by atoms with Crippen molar-refractivity contribution < 1.29 is 9.18 Å². The second kappa shape index (κ2) is 5.10. The molecule has 4 heteroatoms. The molecule has 0 saturated heterocycles. The van der Waals surface area contributed by atoms with E-state index in [0.717, 1.165) is 0 Å². The zero-order chi connectivity index (χ0) is 14.0. The summed E-state index contributed by atoms with van der Waals surface area (Å²) in [7, 11) is 0. The fourth-order valence-electron chi connectivity index (χ4n) is 1.80. The molecule has 0 fully saturated rings. The van der Waals surface area contributed by atoms with Crippen LogP contribution in [0.1, 0.15) is 22.8 Å². The number of hydrogen-bond acceptors (Lipinski definition) is 3. The molecule has 0 radical (unpaired) electrons. The van der Waals surface area contributed by atoms with E-state index in [9.17, 15) is 9.18 Å². The number of hydrogen-bond donors (Lipinski definition) is 2. The van der Waals surface area contributed by atoms with Crippen molar-refractivity contribution >= 4 is 22.8 Å². The van der Waals surface area contributed by atoms with Gasteiger partial charge in [0.25, 0.3) is 0 Å². The van der Waals surface area contributed by atoms with Crippen LogP contribution < -0.4 is 11.1 Å². The Kier molecular flexibility index (Phi) is 3.51. The number of halogens is 1. The lowest BCUT2D eigenvalue weighted by Crippen LogP contribution is -2.01. The van der Waals surface area contributed by atoms with Gasteiger partial charge in [-0.05, 0) is 49.7 Å². The number of carbonyl (C=O) groups excluding carboxylic acids is 1. The molecule has 98 valence electrons. The Morgan fingerprint density at radius 2 is 1.79 bits per heavy atom. The first-order chi connectivity index (χ1) is 8.97. The SMILES string of the molecule is CC(=O)c1ccc(Nc2ccc(C)c(F)c2)cc1N. The van der Waals surface area contributed by atoms with Crippen molar-refractivity contribution in [1.29, 1.82) is 0 Å². The van der Waals surface area contributed by atoms with Crippen molar-refractivity contribution in [3.05, 3.63) is 53.3 Å². The van der Waals surface area contributed by atoms with E-state index in [2.05, 4.69) is 5.32 Å². The molecular formula is C15H15FN2O. The number of ketones is 1. The molecule has 3 N–H and O–H groups in total. The average molecular weight is 258 g/mol. The Morgan fingerprint density at radius 3 is 2.37 bits per heavy atom. The molecule has 0 heterocycles. The summed E-state index contributed by atoms with van der Waals surface area (Å²) in [6.45, 7) is 3.17. The highest BCUT2D eigenvalue weighted by Crippen LogP contribution is 2.23. The van der Waals surface area contributed by atoms with Crippen molar-refractivity contribution in [2.24, 2.45) is 0 Å². The summed E-state index contributed by atoms with van der Waals surface area (Å²) in [6.07, 6.45) is 0. The van der Waals surface area contributed by atoms with Crippen LogP contribution in [-0.2, 0) is 0 Å². The van der Waals surface area contributed by atoms with Gasteiger partial charge in [0.1, 0.15) is 5.82 Å². The molecule has 0 bridgehead atoms. The van der Waals surface area contributed by atoms with E-state index in [-0.39, 0.29) is 11.6 Å². The van der Waals surface area contributed by atoms with E-state index in [1.165, 1.54) is 13.0 Å². The van der Waals surface area contributed by atoms with Gasteiger partial charge in [-0.15, -0.1) is 0 Å². The van der Waals surface area contributed by atoms with Gasteiger partial charge in [0.15, 0.2) is 5.78 Å². The molecule has 0 atom stereocenters. The predicted octanol–water partition coefficient (Wildman–Crippen LogP) is 3.66. The van der Waals surface area contributed by atoms with Crippen molar-refractivity contribution in [3.8, 4) is 0 Å². The topological polar surface area (TPSA) is 55.1 Å². The van der Waals surface area contributed by atoms with Crippen LogP contribution in [0.5, 0.6) is 0 Å². The number of nitrogens with two attached hydrogens (primary N) is 1. The van der Waals surface area contributed by atoms with Gasteiger partial charge in [-0.25, -0.2) is 4.39 Å². The average Bonchev–Trinajstić information content (AvgIpc) is 2.33. The van der Waals surface area contributed by atoms with Crippen molar-refractivity contribution in [1.82, 2.24) is 0 Å². The Balaban J connectivity index is 2.26. The largest absolute Gasteiger partial charge is 0.398 e. The highest BCUT2D eigenvalue weighted by molar-refractivity contribution is 5.99. The standard InChI is InChI=1S/C15H15FN2O/c1-9-3-4-11(7-14(9)16)18-12-5-6-13(10(2)19)15(17)8-12/h3-8,18H,17H2,1-2H3. The van der Waals surface area contributed by atoms with Gasteiger partial charge in [0.05, 0.1) is 0 Å². The van der Waals surface area contributed by atoms with Crippen molar-refractivity contribution in [2.75, 3.05) is 11.1 Å². The minimum absolute atomic E-state index is 0.0783. The first-order valence-corrected chi connectivity index (χ1v) is 5.91. The van der Waals surface area contributed by atoms with Gasteiger partial charge >= 0.3 is 0 Å². The van der Waals surface area contributed by atoms with Gasteiger partial charge in [0.2, 0.25) is 0 Å². The number of anilines is 3. The molecule has 0 amide bonds. The lowest BCUT2D eigenvalue weighted by atomic mass is 10.1. The van der Waals surface area contributed by atoms with Gasteiger partial charge < -0.3 is 11.1 Å². The highest BCUT2D eigenvalue weighted by Gasteiger charge is 2.06. The van der Waals surface area contributed by atoms with E-state index >= 15 is 0 Å².